The van der Waals surface area contributed by atoms with E-state index in [9.17, 15) is 14.4 Å². The van der Waals surface area contributed by atoms with Crippen LogP contribution in [0, 0.1) is 0 Å². The molecular formula is C11H10BrClN2O4. The zero-order chi connectivity index (χ0) is 14.6. The summed E-state index contributed by atoms with van der Waals surface area (Å²) in [4.78, 5) is 34.6. The number of primary amides is 1. The van der Waals surface area contributed by atoms with Crippen LogP contribution in [0.5, 0.6) is 0 Å². The van der Waals surface area contributed by atoms with Crippen LogP contribution in [0.3, 0.4) is 0 Å². The summed E-state index contributed by atoms with van der Waals surface area (Å²) in [5, 5.41) is 9.05. The first-order valence-electron chi connectivity index (χ1n) is 5.05. The number of amides is 2. The van der Waals surface area contributed by atoms with Crippen LogP contribution in [0.2, 0.25) is 5.02 Å². The maximum Gasteiger partial charge on any atom is 0.323 e. The van der Waals surface area contributed by atoms with Crippen molar-refractivity contribution in [2.45, 2.75) is 0 Å². The molecule has 0 spiro atoms. The summed E-state index contributed by atoms with van der Waals surface area (Å²) >= 11 is 8.94. The molecule has 6 nitrogen and oxygen atoms in total. The van der Waals surface area contributed by atoms with Crippen molar-refractivity contribution in [2.24, 2.45) is 5.73 Å². The lowest BCUT2D eigenvalue weighted by atomic mass is 10.2. The van der Waals surface area contributed by atoms with Gasteiger partial charge in [-0.2, -0.15) is 0 Å². The third-order valence-electron chi connectivity index (χ3n) is 2.12. The maximum atomic E-state index is 12.2. The van der Waals surface area contributed by atoms with E-state index in [-0.39, 0.29) is 5.56 Å². The van der Waals surface area contributed by atoms with Crippen molar-refractivity contribution in [3.8, 4) is 0 Å². The maximum absolute atomic E-state index is 12.2. The van der Waals surface area contributed by atoms with Crippen LogP contribution in [-0.4, -0.2) is 40.9 Å². The molecule has 1 aromatic carbocycles. The van der Waals surface area contributed by atoms with Gasteiger partial charge in [-0.15, -0.1) is 0 Å². The van der Waals surface area contributed by atoms with Gasteiger partial charge in [0.25, 0.3) is 5.91 Å². The molecule has 0 saturated carbocycles. The Kier molecular flexibility index (Phi) is 5.31. The molecule has 0 bridgehead atoms. The Balaban J connectivity index is 3.07. The monoisotopic (exact) mass is 348 g/mol. The average Bonchev–Trinajstić information content (AvgIpc) is 2.29. The van der Waals surface area contributed by atoms with E-state index in [1.54, 1.807) is 12.1 Å². The average molecular weight is 350 g/mol. The molecule has 8 heteroatoms. The summed E-state index contributed by atoms with van der Waals surface area (Å²) in [6.45, 7) is -1.11. The SMILES string of the molecule is NC(=O)CN(CC(=O)O)C(=O)c1cc(Cl)ccc1Br. The van der Waals surface area contributed by atoms with E-state index in [1.165, 1.54) is 6.07 Å². The summed E-state index contributed by atoms with van der Waals surface area (Å²) in [7, 11) is 0. The Labute approximate surface area is 122 Å². The van der Waals surface area contributed by atoms with Crippen LogP contribution >= 0.6 is 27.5 Å². The van der Waals surface area contributed by atoms with Gasteiger partial charge in [0, 0.05) is 9.50 Å². The number of hydrogen-bond donors (Lipinski definition) is 2. The lowest BCUT2D eigenvalue weighted by Crippen LogP contribution is -2.41. The van der Waals surface area contributed by atoms with Crippen molar-refractivity contribution < 1.29 is 19.5 Å². The molecule has 1 aromatic rings. The highest BCUT2D eigenvalue weighted by atomic mass is 79.9. The standard InChI is InChI=1S/C11H10BrClN2O4/c12-8-2-1-6(13)3-7(8)11(19)15(4-9(14)16)5-10(17)18/h1-3H,4-5H2,(H2,14,16)(H,17,18). The Bertz CT molecular complexity index is 519. The smallest absolute Gasteiger partial charge is 0.323 e. The van der Waals surface area contributed by atoms with E-state index >= 15 is 0 Å². The minimum Gasteiger partial charge on any atom is -0.480 e. The summed E-state index contributed by atoms with van der Waals surface area (Å²) in [6.07, 6.45) is 0. The molecule has 0 fully saturated rings. The van der Waals surface area contributed by atoms with E-state index in [1.807, 2.05) is 0 Å². The van der Waals surface area contributed by atoms with Gasteiger partial charge in [0.15, 0.2) is 0 Å². The van der Waals surface area contributed by atoms with Gasteiger partial charge < -0.3 is 15.7 Å². The second kappa shape index (κ2) is 6.53. The Hall–Kier alpha value is -1.60. The van der Waals surface area contributed by atoms with Gasteiger partial charge in [0.2, 0.25) is 5.91 Å². The number of hydrogen-bond acceptors (Lipinski definition) is 3. The molecule has 0 radical (unpaired) electrons. The van der Waals surface area contributed by atoms with E-state index in [4.69, 9.17) is 22.4 Å². The first-order valence-corrected chi connectivity index (χ1v) is 6.22. The zero-order valence-corrected chi connectivity index (χ0v) is 11.9. The fourth-order valence-corrected chi connectivity index (χ4v) is 1.97. The number of nitrogens with zero attached hydrogens (tertiary/aromatic N) is 1. The van der Waals surface area contributed by atoms with Crippen LogP contribution in [0.4, 0.5) is 0 Å². The molecule has 0 saturated heterocycles. The second-order valence-electron chi connectivity index (χ2n) is 3.65. The second-order valence-corrected chi connectivity index (χ2v) is 4.94. The normalized spacial score (nSPS) is 10.0. The predicted molar refractivity (Wildman–Crippen MR) is 71.9 cm³/mol. The van der Waals surface area contributed by atoms with Crippen LogP contribution in [0.1, 0.15) is 10.4 Å². The molecule has 0 aliphatic rings. The highest BCUT2D eigenvalue weighted by Gasteiger charge is 2.22. The van der Waals surface area contributed by atoms with E-state index in [0.717, 1.165) is 4.90 Å². The van der Waals surface area contributed by atoms with Crippen molar-refractivity contribution in [2.75, 3.05) is 13.1 Å². The Morgan fingerprint density at radius 1 is 1.32 bits per heavy atom. The summed E-state index contributed by atoms with van der Waals surface area (Å²) in [5.74, 6) is -2.68. The Morgan fingerprint density at radius 2 is 1.95 bits per heavy atom. The number of benzene rings is 1. The van der Waals surface area contributed by atoms with Gasteiger partial charge in [0.1, 0.15) is 13.1 Å². The van der Waals surface area contributed by atoms with Crippen molar-refractivity contribution in [1.29, 1.82) is 0 Å². The van der Waals surface area contributed by atoms with Crippen LogP contribution in [0.15, 0.2) is 22.7 Å². The van der Waals surface area contributed by atoms with Gasteiger partial charge in [-0.25, -0.2) is 0 Å². The van der Waals surface area contributed by atoms with Crippen LogP contribution < -0.4 is 5.73 Å². The summed E-state index contributed by atoms with van der Waals surface area (Å²) < 4.78 is 0.446. The number of aliphatic carboxylic acids is 1. The molecule has 0 aliphatic carbocycles. The molecule has 0 heterocycles. The molecule has 0 aromatic heterocycles. The van der Waals surface area contributed by atoms with Crippen molar-refractivity contribution in [3.63, 3.8) is 0 Å². The third kappa shape index (κ3) is 4.53. The predicted octanol–water partition coefficient (Wildman–Crippen LogP) is 1.11. The minimum atomic E-state index is -1.24. The van der Waals surface area contributed by atoms with Crippen LogP contribution in [-0.2, 0) is 9.59 Å². The highest BCUT2D eigenvalue weighted by molar-refractivity contribution is 9.10. The lowest BCUT2D eigenvalue weighted by Gasteiger charge is -2.19. The first-order chi connectivity index (χ1) is 8.81. The molecule has 0 aliphatic heterocycles. The molecule has 2 amide bonds. The number of rotatable bonds is 5. The zero-order valence-electron chi connectivity index (χ0n) is 9.60. The molecule has 3 N–H and O–H groups in total. The minimum absolute atomic E-state index is 0.162. The summed E-state index contributed by atoms with van der Waals surface area (Å²) in [5.41, 5.74) is 5.15. The number of carbonyl (C=O) groups is 3. The topological polar surface area (TPSA) is 101 Å². The quantitative estimate of drug-likeness (QED) is 0.831. The lowest BCUT2D eigenvalue weighted by molar-refractivity contribution is -0.138. The molecular weight excluding hydrogens is 339 g/mol. The highest BCUT2D eigenvalue weighted by Crippen LogP contribution is 2.22. The van der Waals surface area contributed by atoms with Crippen molar-refractivity contribution in [1.82, 2.24) is 4.90 Å². The molecule has 19 heavy (non-hydrogen) atoms. The summed E-state index contributed by atoms with van der Waals surface area (Å²) in [6, 6.07) is 4.50. The number of carboxylic acids is 1. The molecule has 102 valence electrons. The number of carboxylic acid groups (broad SMARTS) is 1. The van der Waals surface area contributed by atoms with E-state index < -0.39 is 30.9 Å². The van der Waals surface area contributed by atoms with Gasteiger partial charge in [-0.05, 0) is 34.1 Å². The Morgan fingerprint density at radius 3 is 2.47 bits per heavy atom. The number of nitrogens with two attached hydrogens (primary N) is 1. The van der Waals surface area contributed by atoms with Crippen molar-refractivity contribution in [3.05, 3.63) is 33.3 Å². The third-order valence-corrected chi connectivity index (χ3v) is 3.05. The largest absolute Gasteiger partial charge is 0.480 e. The first kappa shape index (κ1) is 15.5. The van der Waals surface area contributed by atoms with Gasteiger partial charge in [-0.1, -0.05) is 11.6 Å². The van der Waals surface area contributed by atoms with E-state index in [2.05, 4.69) is 15.9 Å². The fourth-order valence-electron chi connectivity index (χ4n) is 1.38. The number of carbonyl (C=O) groups excluding carboxylic acids is 2. The van der Waals surface area contributed by atoms with Crippen molar-refractivity contribution >= 4 is 45.3 Å². The van der Waals surface area contributed by atoms with Crippen LogP contribution in [0.25, 0.3) is 0 Å². The van der Waals surface area contributed by atoms with Gasteiger partial charge in [-0.3, -0.25) is 14.4 Å². The molecule has 0 unspecified atom stereocenters. The molecule has 1 rings (SSSR count). The molecule has 0 atom stereocenters. The van der Waals surface area contributed by atoms with E-state index in [0.29, 0.717) is 9.50 Å². The number of halogens is 2. The van der Waals surface area contributed by atoms with Gasteiger partial charge in [0.05, 0.1) is 5.56 Å². The van der Waals surface area contributed by atoms with Gasteiger partial charge >= 0.3 is 5.97 Å². The fraction of sp³-hybridized carbons (Fsp3) is 0.182.